The number of carbonyl (C=O) groups excluding carboxylic acids is 2. The summed E-state index contributed by atoms with van der Waals surface area (Å²) >= 11 is 1.76. The normalized spacial score (nSPS) is 24.9. The first-order valence-corrected chi connectivity index (χ1v) is 10.7. The first-order valence-electron chi connectivity index (χ1n) is 9.83. The Kier molecular flexibility index (Phi) is 6.35. The maximum Gasteiger partial charge on any atom is 0.222 e. The van der Waals surface area contributed by atoms with Crippen LogP contribution in [-0.4, -0.2) is 71.8 Å². The van der Waals surface area contributed by atoms with Crippen LogP contribution in [0, 0.1) is 0 Å². The largest absolute Gasteiger partial charge is 0.343 e. The van der Waals surface area contributed by atoms with Crippen molar-refractivity contribution in [3.05, 3.63) is 22.4 Å². The van der Waals surface area contributed by atoms with Gasteiger partial charge < -0.3 is 9.80 Å². The molecule has 2 saturated heterocycles. The maximum atomic E-state index is 12.8. The van der Waals surface area contributed by atoms with E-state index in [0.29, 0.717) is 12.8 Å². The van der Waals surface area contributed by atoms with E-state index in [0.717, 1.165) is 58.4 Å². The van der Waals surface area contributed by atoms with Gasteiger partial charge in [-0.05, 0) is 51.1 Å². The van der Waals surface area contributed by atoms with Gasteiger partial charge in [-0.15, -0.1) is 11.3 Å². The molecule has 0 aromatic carbocycles. The molecule has 1 aromatic heterocycles. The van der Waals surface area contributed by atoms with Crippen molar-refractivity contribution in [2.45, 2.75) is 51.0 Å². The summed E-state index contributed by atoms with van der Waals surface area (Å²) in [6.45, 7) is 6.11. The van der Waals surface area contributed by atoms with Gasteiger partial charge in [0.05, 0.1) is 0 Å². The van der Waals surface area contributed by atoms with Crippen LogP contribution in [0.2, 0.25) is 0 Å². The zero-order chi connectivity index (χ0) is 18.6. The van der Waals surface area contributed by atoms with E-state index < -0.39 is 0 Å². The highest BCUT2D eigenvalue weighted by Crippen LogP contribution is 2.32. The Morgan fingerprint density at radius 2 is 2.12 bits per heavy atom. The van der Waals surface area contributed by atoms with Gasteiger partial charge in [-0.3, -0.25) is 14.5 Å². The van der Waals surface area contributed by atoms with Gasteiger partial charge in [-0.1, -0.05) is 6.07 Å². The summed E-state index contributed by atoms with van der Waals surface area (Å²) in [5, 5.41) is 2.09. The highest BCUT2D eigenvalue weighted by Gasteiger charge is 2.43. The van der Waals surface area contributed by atoms with E-state index in [2.05, 4.69) is 34.4 Å². The van der Waals surface area contributed by atoms with Crippen LogP contribution >= 0.6 is 11.3 Å². The van der Waals surface area contributed by atoms with Gasteiger partial charge in [0.15, 0.2) is 0 Å². The SMILES string of the molecule is CCN1CC[C@]2(CCC1=O)CN(C(=O)CCCc1cccs1)CCN2C. The van der Waals surface area contributed by atoms with E-state index in [1.165, 1.54) is 4.88 Å². The molecule has 2 fully saturated rings. The topological polar surface area (TPSA) is 43.9 Å². The summed E-state index contributed by atoms with van der Waals surface area (Å²) in [5.74, 6) is 0.536. The number of piperazine rings is 1. The molecule has 3 rings (SSSR count). The number of hydrogen-bond donors (Lipinski definition) is 0. The van der Waals surface area contributed by atoms with Gasteiger partial charge in [0.25, 0.3) is 0 Å². The maximum absolute atomic E-state index is 12.8. The van der Waals surface area contributed by atoms with Crippen LogP contribution in [-0.2, 0) is 16.0 Å². The van der Waals surface area contributed by atoms with E-state index in [-0.39, 0.29) is 17.4 Å². The fraction of sp³-hybridized carbons (Fsp3) is 0.700. The van der Waals surface area contributed by atoms with Crippen LogP contribution in [0.1, 0.15) is 43.9 Å². The van der Waals surface area contributed by atoms with Crippen molar-refractivity contribution < 1.29 is 9.59 Å². The number of hydrogen-bond acceptors (Lipinski definition) is 4. The summed E-state index contributed by atoms with van der Waals surface area (Å²) in [5.41, 5.74) is -0.0404. The third-order valence-electron chi connectivity index (χ3n) is 6.13. The number of carbonyl (C=O) groups is 2. The highest BCUT2D eigenvalue weighted by atomic mass is 32.1. The Hall–Kier alpha value is -1.40. The molecule has 0 bridgehead atoms. The molecule has 0 N–H and O–H groups in total. The molecule has 1 spiro atoms. The van der Waals surface area contributed by atoms with Gasteiger partial charge in [0, 0.05) is 56.0 Å². The molecule has 1 atom stereocenters. The van der Waals surface area contributed by atoms with Crippen LogP contribution in [0.5, 0.6) is 0 Å². The molecular formula is C20H31N3O2S. The second-order valence-corrected chi connectivity index (χ2v) is 8.65. The molecule has 3 heterocycles. The van der Waals surface area contributed by atoms with E-state index >= 15 is 0 Å². The Morgan fingerprint density at radius 1 is 1.27 bits per heavy atom. The zero-order valence-corrected chi connectivity index (χ0v) is 16.9. The standard InChI is InChI=1S/C20H31N3O2S/c1-3-22-12-11-20(10-9-19(22)25)16-23(14-13-21(20)2)18(24)8-4-6-17-7-5-15-26-17/h5,7,15H,3-4,6,8-14,16H2,1-2H3/t20-/m1/s1. The van der Waals surface area contributed by atoms with E-state index in [9.17, 15) is 9.59 Å². The van der Waals surface area contributed by atoms with Crippen molar-refractivity contribution in [1.29, 1.82) is 0 Å². The molecule has 0 aliphatic carbocycles. The minimum absolute atomic E-state index is 0.0404. The van der Waals surface area contributed by atoms with Crippen molar-refractivity contribution in [1.82, 2.24) is 14.7 Å². The number of likely N-dealkylation sites (tertiary alicyclic amines) is 1. The van der Waals surface area contributed by atoms with Crippen molar-refractivity contribution in [2.24, 2.45) is 0 Å². The quantitative estimate of drug-likeness (QED) is 0.792. The number of nitrogens with zero attached hydrogens (tertiary/aromatic N) is 3. The summed E-state index contributed by atoms with van der Waals surface area (Å²) in [7, 11) is 2.16. The third kappa shape index (κ3) is 4.29. The molecule has 144 valence electrons. The predicted octanol–water partition coefficient (Wildman–Crippen LogP) is 2.62. The van der Waals surface area contributed by atoms with Crippen LogP contribution in [0.15, 0.2) is 17.5 Å². The molecule has 1 aromatic rings. The Morgan fingerprint density at radius 3 is 2.85 bits per heavy atom. The number of thiophene rings is 1. The average molecular weight is 378 g/mol. The lowest BCUT2D eigenvalue weighted by atomic mass is 9.86. The summed E-state index contributed by atoms with van der Waals surface area (Å²) in [6, 6.07) is 4.21. The fourth-order valence-electron chi connectivity index (χ4n) is 4.27. The Bertz CT molecular complexity index is 619. The van der Waals surface area contributed by atoms with Crippen LogP contribution in [0.25, 0.3) is 0 Å². The van der Waals surface area contributed by atoms with Crippen molar-refractivity contribution in [3.8, 4) is 0 Å². The van der Waals surface area contributed by atoms with Gasteiger partial charge in [0.2, 0.25) is 11.8 Å². The molecule has 26 heavy (non-hydrogen) atoms. The second kappa shape index (κ2) is 8.53. The van der Waals surface area contributed by atoms with E-state index in [4.69, 9.17) is 0 Å². The molecule has 2 aliphatic heterocycles. The molecule has 5 nitrogen and oxygen atoms in total. The van der Waals surface area contributed by atoms with Crippen LogP contribution in [0.3, 0.4) is 0 Å². The molecule has 0 saturated carbocycles. The molecule has 0 unspecified atom stereocenters. The molecule has 0 radical (unpaired) electrons. The number of likely N-dealkylation sites (N-methyl/N-ethyl adjacent to an activating group) is 1. The Balaban J connectivity index is 1.58. The molecule has 6 heteroatoms. The number of amides is 2. The van der Waals surface area contributed by atoms with Crippen molar-refractivity contribution in [3.63, 3.8) is 0 Å². The number of rotatable bonds is 5. The van der Waals surface area contributed by atoms with Crippen molar-refractivity contribution >= 4 is 23.2 Å². The zero-order valence-electron chi connectivity index (χ0n) is 16.1. The fourth-order valence-corrected chi connectivity index (χ4v) is 5.02. The van der Waals surface area contributed by atoms with Crippen LogP contribution < -0.4 is 0 Å². The molecular weight excluding hydrogens is 346 g/mol. The minimum atomic E-state index is -0.0404. The lowest BCUT2D eigenvalue weighted by molar-refractivity contribution is -0.137. The van der Waals surface area contributed by atoms with E-state index in [1.54, 1.807) is 11.3 Å². The third-order valence-corrected chi connectivity index (χ3v) is 7.07. The summed E-state index contributed by atoms with van der Waals surface area (Å²) < 4.78 is 0. The molecule has 2 aliphatic rings. The van der Waals surface area contributed by atoms with Gasteiger partial charge in [0.1, 0.15) is 0 Å². The first-order chi connectivity index (χ1) is 12.5. The van der Waals surface area contributed by atoms with Crippen molar-refractivity contribution in [2.75, 3.05) is 39.8 Å². The van der Waals surface area contributed by atoms with Crippen LogP contribution in [0.4, 0.5) is 0 Å². The summed E-state index contributed by atoms with van der Waals surface area (Å²) in [4.78, 5) is 32.8. The lowest BCUT2D eigenvalue weighted by Crippen LogP contribution is -2.62. The average Bonchev–Trinajstić information content (AvgIpc) is 3.10. The Labute approximate surface area is 161 Å². The number of aryl methyl sites for hydroxylation is 1. The first kappa shape index (κ1) is 19.4. The lowest BCUT2D eigenvalue weighted by Gasteiger charge is -2.49. The predicted molar refractivity (Wildman–Crippen MR) is 105 cm³/mol. The minimum Gasteiger partial charge on any atom is -0.343 e. The smallest absolute Gasteiger partial charge is 0.222 e. The van der Waals surface area contributed by atoms with E-state index in [1.807, 2.05) is 11.8 Å². The monoisotopic (exact) mass is 377 g/mol. The van der Waals surface area contributed by atoms with Gasteiger partial charge in [-0.2, -0.15) is 0 Å². The van der Waals surface area contributed by atoms with Gasteiger partial charge in [-0.25, -0.2) is 0 Å². The second-order valence-electron chi connectivity index (χ2n) is 7.62. The summed E-state index contributed by atoms with van der Waals surface area (Å²) in [6.07, 6.45) is 4.94. The highest BCUT2D eigenvalue weighted by molar-refractivity contribution is 7.09. The van der Waals surface area contributed by atoms with Gasteiger partial charge >= 0.3 is 0 Å². The molecule has 2 amide bonds.